The minimum absolute atomic E-state index is 0.0804. The van der Waals surface area contributed by atoms with E-state index in [9.17, 15) is 4.79 Å². The number of rotatable bonds is 3. The first kappa shape index (κ1) is 17.5. The summed E-state index contributed by atoms with van der Waals surface area (Å²) in [4.78, 5) is 25.9. The molecule has 1 fully saturated rings. The number of aryl methyl sites for hydroxylation is 2. The fraction of sp³-hybridized carbons (Fsp3) is 0.316. The van der Waals surface area contributed by atoms with E-state index in [-0.39, 0.29) is 5.91 Å². The van der Waals surface area contributed by atoms with Crippen molar-refractivity contribution in [1.29, 1.82) is 0 Å². The van der Waals surface area contributed by atoms with Crippen LogP contribution in [0.25, 0.3) is 11.3 Å². The van der Waals surface area contributed by atoms with Crippen LogP contribution in [0.5, 0.6) is 0 Å². The van der Waals surface area contributed by atoms with Crippen LogP contribution in [0.1, 0.15) is 20.4 Å². The second-order valence-corrected chi connectivity index (χ2v) is 7.64. The molecule has 0 radical (unpaired) electrons. The van der Waals surface area contributed by atoms with Gasteiger partial charge in [0, 0.05) is 44.1 Å². The molecule has 1 aliphatic heterocycles. The van der Waals surface area contributed by atoms with Gasteiger partial charge in [0.15, 0.2) is 5.82 Å². The molecule has 0 spiro atoms. The number of piperazine rings is 1. The van der Waals surface area contributed by atoms with Gasteiger partial charge in [-0.3, -0.25) is 9.78 Å². The molecule has 1 aliphatic rings. The summed E-state index contributed by atoms with van der Waals surface area (Å²) >= 11 is 1.47. The molecule has 4 heterocycles. The maximum absolute atomic E-state index is 12.7. The summed E-state index contributed by atoms with van der Waals surface area (Å²) < 4.78 is 0. The highest BCUT2D eigenvalue weighted by Gasteiger charge is 2.25. The SMILES string of the molecule is Cc1nc(C)c(C(=O)N2CCN(c3ccc(-c4ccncc4)nn3)CC2)s1. The van der Waals surface area contributed by atoms with E-state index < -0.39 is 0 Å². The molecule has 7 nitrogen and oxygen atoms in total. The van der Waals surface area contributed by atoms with Gasteiger partial charge in [0.05, 0.1) is 16.4 Å². The lowest BCUT2D eigenvalue weighted by Crippen LogP contribution is -2.49. The van der Waals surface area contributed by atoms with Crippen LogP contribution < -0.4 is 4.90 Å². The minimum atomic E-state index is 0.0804. The van der Waals surface area contributed by atoms with Crippen molar-refractivity contribution in [2.45, 2.75) is 13.8 Å². The fourth-order valence-electron chi connectivity index (χ4n) is 3.18. The van der Waals surface area contributed by atoms with Crippen molar-refractivity contribution in [1.82, 2.24) is 25.1 Å². The van der Waals surface area contributed by atoms with E-state index in [2.05, 4.69) is 25.1 Å². The second-order valence-electron chi connectivity index (χ2n) is 6.44. The topological polar surface area (TPSA) is 75.1 Å². The van der Waals surface area contributed by atoms with Crippen molar-refractivity contribution in [3.05, 3.63) is 52.2 Å². The zero-order chi connectivity index (χ0) is 18.8. The summed E-state index contributed by atoms with van der Waals surface area (Å²) in [5.41, 5.74) is 2.64. The molecule has 0 aromatic carbocycles. The quantitative estimate of drug-likeness (QED) is 0.695. The van der Waals surface area contributed by atoms with Gasteiger partial charge < -0.3 is 9.80 Å². The highest BCUT2D eigenvalue weighted by Crippen LogP contribution is 2.22. The van der Waals surface area contributed by atoms with E-state index in [0.29, 0.717) is 13.1 Å². The smallest absolute Gasteiger partial charge is 0.265 e. The van der Waals surface area contributed by atoms with Gasteiger partial charge in [-0.05, 0) is 38.1 Å². The number of pyridine rings is 1. The molecular formula is C19H20N6OS. The normalized spacial score (nSPS) is 14.4. The van der Waals surface area contributed by atoms with Crippen molar-refractivity contribution in [2.24, 2.45) is 0 Å². The van der Waals surface area contributed by atoms with Crippen LogP contribution in [0.3, 0.4) is 0 Å². The van der Waals surface area contributed by atoms with Gasteiger partial charge in [0.1, 0.15) is 4.88 Å². The average Bonchev–Trinajstić information content (AvgIpc) is 3.06. The van der Waals surface area contributed by atoms with E-state index in [1.54, 1.807) is 12.4 Å². The molecular weight excluding hydrogens is 360 g/mol. The van der Waals surface area contributed by atoms with Crippen molar-refractivity contribution in [2.75, 3.05) is 31.1 Å². The van der Waals surface area contributed by atoms with Crippen LogP contribution >= 0.6 is 11.3 Å². The molecule has 0 N–H and O–H groups in total. The van der Waals surface area contributed by atoms with Gasteiger partial charge in [-0.2, -0.15) is 0 Å². The minimum Gasteiger partial charge on any atom is -0.352 e. The molecule has 1 amide bonds. The molecule has 0 unspecified atom stereocenters. The number of aromatic nitrogens is 4. The van der Waals surface area contributed by atoms with Crippen molar-refractivity contribution in [3.8, 4) is 11.3 Å². The summed E-state index contributed by atoms with van der Waals surface area (Å²) in [6.07, 6.45) is 3.49. The molecule has 3 aromatic heterocycles. The predicted octanol–water partition coefficient (Wildman–Crippen LogP) is 2.57. The zero-order valence-corrected chi connectivity index (χ0v) is 16.1. The number of nitrogens with zero attached hydrogens (tertiary/aromatic N) is 6. The van der Waals surface area contributed by atoms with Gasteiger partial charge in [-0.15, -0.1) is 21.5 Å². The van der Waals surface area contributed by atoms with Crippen LogP contribution in [0.15, 0.2) is 36.7 Å². The van der Waals surface area contributed by atoms with E-state index in [1.165, 1.54) is 11.3 Å². The second kappa shape index (κ2) is 7.40. The third-order valence-electron chi connectivity index (χ3n) is 4.62. The summed E-state index contributed by atoms with van der Waals surface area (Å²) in [7, 11) is 0. The van der Waals surface area contributed by atoms with Crippen LogP contribution in [-0.4, -0.2) is 57.2 Å². The number of anilines is 1. The fourth-order valence-corrected chi connectivity index (χ4v) is 4.07. The molecule has 1 saturated heterocycles. The highest BCUT2D eigenvalue weighted by atomic mass is 32.1. The Labute approximate surface area is 161 Å². The Hall–Kier alpha value is -2.87. The van der Waals surface area contributed by atoms with Gasteiger partial charge >= 0.3 is 0 Å². The molecule has 138 valence electrons. The standard InChI is InChI=1S/C19H20N6OS/c1-13-18(27-14(2)21-13)19(26)25-11-9-24(10-12-25)17-4-3-16(22-23-17)15-5-7-20-8-6-15/h3-8H,9-12H2,1-2H3. The molecule has 3 aromatic rings. The van der Waals surface area contributed by atoms with Gasteiger partial charge in [-0.1, -0.05) is 0 Å². The molecule has 4 rings (SSSR count). The number of thiazole rings is 1. The summed E-state index contributed by atoms with van der Waals surface area (Å²) in [5.74, 6) is 0.918. The first-order valence-corrected chi connectivity index (χ1v) is 9.66. The van der Waals surface area contributed by atoms with E-state index in [1.807, 2.05) is 43.0 Å². The maximum Gasteiger partial charge on any atom is 0.265 e. The highest BCUT2D eigenvalue weighted by molar-refractivity contribution is 7.13. The van der Waals surface area contributed by atoms with Gasteiger partial charge in [0.25, 0.3) is 5.91 Å². The number of amides is 1. The number of carbonyl (C=O) groups is 1. The van der Waals surface area contributed by atoms with Crippen molar-refractivity contribution < 1.29 is 4.79 Å². The Morgan fingerprint density at radius 3 is 2.33 bits per heavy atom. The lowest BCUT2D eigenvalue weighted by molar-refractivity contribution is 0.0750. The third-order valence-corrected chi connectivity index (χ3v) is 5.68. The number of hydrogen-bond acceptors (Lipinski definition) is 7. The maximum atomic E-state index is 12.7. The predicted molar refractivity (Wildman–Crippen MR) is 105 cm³/mol. The van der Waals surface area contributed by atoms with Crippen LogP contribution in [-0.2, 0) is 0 Å². The summed E-state index contributed by atoms with van der Waals surface area (Å²) in [6.45, 7) is 6.65. The van der Waals surface area contributed by atoms with E-state index in [0.717, 1.165) is 45.7 Å². The summed E-state index contributed by atoms with van der Waals surface area (Å²) in [5, 5.41) is 9.63. The lowest BCUT2D eigenvalue weighted by Gasteiger charge is -2.35. The Bertz CT molecular complexity index is 933. The average molecular weight is 380 g/mol. The van der Waals surface area contributed by atoms with Crippen molar-refractivity contribution >= 4 is 23.1 Å². The number of carbonyl (C=O) groups excluding carboxylic acids is 1. The van der Waals surface area contributed by atoms with E-state index >= 15 is 0 Å². The lowest BCUT2D eigenvalue weighted by atomic mass is 10.2. The molecule has 0 atom stereocenters. The van der Waals surface area contributed by atoms with Crippen LogP contribution in [0.4, 0.5) is 5.82 Å². The van der Waals surface area contributed by atoms with Crippen LogP contribution in [0, 0.1) is 13.8 Å². The largest absolute Gasteiger partial charge is 0.352 e. The summed E-state index contributed by atoms with van der Waals surface area (Å²) in [6, 6.07) is 7.78. The Morgan fingerprint density at radius 2 is 1.74 bits per heavy atom. The van der Waals surface area contributed by atoms with Crippen molar-refractivity contribution in [3.63, 3.8) is 0 Å². The van der Waals surface area contributed by atoms with E-state index in [4.69, 9.17) is 0 Å². The molecule has 0 saturated carbocycles. The first-order chi connectivity index (χ1) is 13.1. The number of hydrogen-bond donors (Lipinski definition) is 0. The van der Waals surface area contributed by atoms with Gasteiger partial charge in [0.2, 0.25) is 0 Å². The zero-order valence-electron chi connectivity index (χ0n) is 15.3. The molecule has 0 bridgehead atoms. The Morgan fingerprint density at radius 1 is 1.00 bits per heavy atom. The molecule has 0 aliphatic carbocycles. The van der Waals surface area contributed by atoms with Crippen LogP contribution in [0.2, 0.25) is 0 Å². The first-order valence-electron chi connectivity index (χ1n) is 8.84. The molecule has 8 heteroatoms. The monoisotopic (exact) mass is 380 g/mol. The third kappa shape index (κ3) is 3.66. The van der Waals surface area contributed by atoms with Gasteiger partial charge in [-0.25, -0.2) is 4.98 Å². The Balaban J connectivity index is 1.40. The Kier molecular flexibility index (Phi) is 4.81. The molecule has 27 heavy (non-hydrogen) atoms.